The minimum atomic E-state index is -5.08. The number of aromatic nitrogens is 4. The number of hydrogen-bond acceptors (Lipinski definition) is 10. The van der Waals surface area contributed by atoms with E-state index in [-0.39, 0.29) is 23.7 Å². The van der Waals surface area contributed by atoms with Crippen LogP contribution in [-0.4, -0.2) is 126 Å². The number of carbonyl (C=O) groups excluding carboxylic acids is 2. The average Bonchev–Trinajstić information content (AvgIpc) is 3.96. The molecule has 0 aliphatic heterocycles. The number of imidazole rings is 2. The van der Waals surface area contributed by atoms with Gasteiger partial charge in [0.25, 0.3) is 0 Å². The summed E-state index contributed by atoms with van der Waals surface area (Å²) >= 11 is 0. The van der Waals surface area contributed by atoms with E-state index < -0.39 is 48.6 Å². The fourth-order valence-electron chi connectivity index (χ4n) is 4.61. The topological polar surface area (TPSA) is 342 Å². The van der Waals surface area contributed by atoms with Crippen molar-refractivity contribution >= 4 is 47.6 Å². The summed E-state index contributed by atoms with van der Waals surface area (Å²) in [6, 6.07) is 0. The van der Waals surface area contributed by atoms with Crippen molar-refractivity contribution in [3.8, 4) is 0 Å². The molecule has 0 saturated carbocycles. The molecule has 20 nitrogen and oxygen atoms in total. The highest BCUT2D eigenvalue weighted by Gasteiger charge is 2.40. The van der Waals surface area contributed by atoms with Crippen molar-refractivity contribution in [1.29, 1.82) is 0 Å². The number of rotatable bonds is 23. The van der Waals surface area contributed by atoms with Crippen LogP contribution >= 0.6 is 0 Å². The van der Waals surface area contributed by atoms with Crippen molar-refractivity contribution < 1.29 is 102 Å². The van der Waals surface area contributed by atoms with Gasteiger partial charge in [-0.05, 0) is 38.5 Å². The monoisotopic (exact) mass is 1040 g/mol. The maximum absolute atomic E-state index is 12.0. The number of halogens is 12. The molecule has 2 aromatic rings. The Morgan fingerprint density at radius 3 is 0.886 bits per heavy atom. The summed E-state index contributed by atoms with van der Waals surface area (Å²) < 4.78 is 127. The molecule has 0 radical (unpaired) electrons. The summed E-state index contributed by atoms with van der Waals surface area (Å²) in [5, 5.41) is 33.9. The molecule has 2 rings (SSSR count). The Labute approximate surface area is 391 Å². The smallest absolute Gasteiger partial charge is 0.475 e. The van der Waals surface area contributed by atoms with Crippen LogP contribution in [0.2, 0.25) is 0 Å². The van der Waals surface area contributed by atoms with Crippen LogP contribution < -0.4 is 22.1 Å². The van der Waals surface area contributed by atoms with Gasteiger partial charge in [0.2, 0.25) is 11.8 Å². The molecule has 0 fully saturated rings. The number of aromatic amines is 2. The summed E-state index contributed by atoms with van der Waals surface area (Å²) in [4.78, 5) is 82.1. The van der Waals surface area contributed by atoms with Crippen LogP contribution in [0.5, 0.6) is 0 Å². The number of unbranched alkanes of at least 4 members (excludes halogenated alkanes) is 11. The second-order valence-electron chi connectivity index (χ2n) is 13.9. The van der Waals surface area contributed by atoms with Crippen LogP contribution in [0.3, 0.4) is 0 Å². The SMILES string of the molecule is NC(=NCCCc1cnc[nH]1)NC(=O)CCCCCCCCCCCCCCC(=O)NC(N)=NCCCc1cnc[nH]1.O=C(O)C(F)(F)F.O=C(O)C(F)(F)F.O=C(O)C(F)(F)F.O=C(O)C(F)(F)F. The number of aliphatic carboxylic acids is 4. The lowest BCUT2D eigenvalue weighted by atomic mass is 10.0. The number of guanidine groups is 2. The fourth-order valence-corrected chi connectivity index (χ4v) is 4.61. The maximum Gasteiger partial charge on any atom is 0.490 e. The molecule has 32 heteroatoms. The minimum absolute atomic E-state index is 0.0588. The molecule has 2 aromatic heterocycles. The van der Waals surface area contributed by atoms with E-state index in [0.717, 1.165) is 75.6 Å². The number of aryl methyl sites for hydroxylation is 2. The number of carboxylic acid groups (broad SMARTS) is 4. The molecule has 12 N–H and O–H groups in total. The predicted octanol–water partition coefficient (Wildman–Crippen LogP) is 6.55. The largest absolute Gasteiger partial charge is 0.490 e. The first-order valence-corrected chi connectivity index (χ1v) is 20.6. The third kappa shape index (κ3) is 45.1. The van der Waals surface area contributed by atoms with Gasteiger partial charge in [-0.3, -0.25) is 30.2 Å². The van der Waals surface area contributed by atoms with Crippen LogP contribution in [-0.2, 0) is 41.6 Å². The van der Waals surface area contributed by atoms with E-state index in [9.17, 15) is 62.3 Å². The lowest BCUT2D eigenvalue weighted by Crippen LogP contribution is -2.36. The highest BCUT2D eigenvalue weighted by atomic mass is 19.4. The second kappa shape index (κ2) is 37.3. The molecule has 0 aromatic carbocycles. The van der Waals surface area contributed by atoms with Crippen molar-refractivity contribution in [1.82, 2.24) is 30.6 Å². The predicted molar refractivity (Wildman–Crippen MR) is 222 cm³/mol. The molecule has 70 heavy (non-hydrogen) atoms. The van der Waals surface area contributed by atoms with Gasteiger partial charge in [-0.1, -0.05) is 64.2 Å². The summed E-state index contributed by atoms with van der Waals surface area (Å²) in [5.74, 6) is -10.7. The molecule has 402 valence electrons. The van der Waals surface area contributed by atoms with Gasteiger partial charge < -0.3 is 41.9 Å². The van der Waals surface area contributed by atoms with Gasteiger partial charge in [-0.15, -0.1) is 0 Å². The third-order valence-corrected chi connectivity index (χ3v) is 7.95. The number of nitrogens with zero attached hydrogens (tertiary/aromatic N) is 4. The number of nitrogens with two attached hydrogens (primary N) is 2. The number of nitrogens with one attached hydrogen (secondary N) is 4. The van der Waals surface area contributed by atoms with Crippen LogP contribution in [0.25, 0.3) is 0 Å². The Morgan fingerprint density at radius 2 is 0.686 bits per heavy atom. The Kier molecular flexibility index (Phi) is 36.0. The van der Waals surface area contributed by atoms with E-state index in [1.165, 1.54) is 38.5 Å². The zero-order valence-electron chi connectivity index (χ0n) is 37.2. The Morgan fingerprint density at radius 1 is 0.457 bits per heavy atom. The number of aliphatic imine (C=N–C) groups is 2. The van der Waals surface area contributed by atoms with Crippen molar-refractivity contribution in [2.24, 2.45) is 21.5 Å². The number of amides is 2. The van der Waals surface area contributed by atoms with Crippen LogP contribution in [0, 0.1) is 0 Å². The first-order valence-electron chi connectivity index (χ1n) is 20.6. The lowest BCUT2D eigenvalue weighted by molar-refractivity contribution is -0.193. The molecule has 0 spiro atoms. The van der Waals surface area contributed by atoms with E-state index in [4.69, 9.17) is 51.1 Å². The van der Waals surface area contributed by atoms with Gasteiger partial charge in [0.05, 0.1) is 12.7 Å². The number of carbonyl (C=O) groups is 6. The molecule has 0 aliphatic carbocycles. The molecule has 0 aliphatic rings. The Balaban J connectivity index is -0.00000128. The van der Waals surface area contributed by atoms with E-state index in [2.05, 4.69) is 40.6 Å². The van der Waals surface area contributed by atoms with Gasteiger partial charge in [-0.2, -0.15) is 52.7 Å². The number of alkyl halides is 12. The quantitative estimate of drug-likeness (QED) is 0.0244. The fraction of sp³-hybridized carbons (Fsp3) is 0.632. The number of hydrogen-bond donors (Lipinski definition) is 10. The van der Waals surface area contributed by atoms with E-state index in [1.807, 2.05) is 0 Å². The molecule has 0 saturated heterocycles. The van der Waals surface area contributed by atoms with Crippen molar-refractivity contribution in [3.05, 3.63) is 36.4 Å². The van der Waals surface area contributed by atoms with Gasteiger partial charge in [0, 0.05) is 49.7 Å². The van der Waals surface area contributed by atoms with E-state index in [1.54, 1.807) is 25.0 Å². The second-order valence-corrected chi connectivity index (χ2v) is 13.9. The molecule has 0 bridgehead atoms. The summed E-state index contributed by atoms with van der Waals surface area (Å²) in [5.41, 5.74) is 13.8. The first-order chi connectivity index (χ1) is 32.3. The molecular weight excluding hydrogens is 984 g/mol. The number of carboxylic acids is 4. The first kappa shape index (κ1) is 67.6. The maximum atomic E-state index is 12.0. The Bertz CT molecular complexity index is 1650. The Hall–Kier alpha value is -6.66. The lowest BCUT2D eigenvalue weighted by Gasteiger charge is -2.06. The van der Waals surface area contributed by atoms with Gasteiger partial charge in [-0.25, -0.2) is 29.1 Å². The summed E-state index contributed by atoms with van der Waals surface area (Å²) in [6.45, 7) is 1.15. The molecule has 0 atom stereocenters. The van der Waals surface area contributed by atoms with Crippen LogP contribution in [0.4, 0.5) is 52.7 Å². The van der Waals surface area contributed by atoms with E-state index in [0.29, 0.717) is 25.9 Å². The average molecular weight is 1040 g/mol. The molecule has 0 unspecified atom stereocenters. The van der Waals surface area contributed by atoms with Gasteiger partial charge in [0.1, 0.15) is 0 Å². The van der Waals surface area contributed by atoms with Crippen LogP contribution in [0.1, 0.15) is 114 Å². The normalized spacial score (nSPS) is 11.7. The highest BCUT2D eigenvalue weighted by molar-refractivity contribution is 5.96. The van der Waals surface area contributed by atoms with Gasteiger partial charge >= 0.3 is 48.6 Å². The minimum Gasteiger partial charge on any atom is -0.475 e. The molecule has 2 heterocycles. The standard InChI is InChI=1S/C30H52N10O2.4C2HF3O2/c31-29(35-19-13-15-25-21-33-23-37-25)39-27(41)17-11-9-7-5-3-1-2-4-6-8-10-12-18-28(42)40-30(32)36-20-14-16-26-22-34-24-38-26;4*3-2(4,5)1(6)7/h21-24H,1-20H2,(H,33,37)(H,34,38)(H3,31,35,39,41)(H3,32,36,40,42);4*(H,6,7). The zero-order valence-corrected chi connectivity index (χ0v) is 37.2. The zero-order chi connectivity index (χ0) is 54.4. The molecular formula is C38H56F12N10O10. The highest BCUT2D eigenvalue weighted by Crippen LogP contribution is 2.16. The van der Waals surface area contributed by atoms with Crippen molar-refractivity contribution in [2.45, 2.75) is 140 Å². The van der Waals surface area contributed by atoms with Gasteiger partial charge in [0.15, 0.2) is 11.9 Å². The summed E-state index contributed by atoms with van der Waals surface area (Å²) in [7, 11) is 0. The van der Waals surface area contributed by atoms with E-state index >= 15 is 0 Å². The number of H-pyrrole nitrogens is 2. The summed E-state index contributed by atoms with van der Waals surface area (Å²) in [6.07, 6.45) is 4.61. The van der Waals surface area contributed by atoms with Crippen molar-refractivity contribution in [3.63, 3.8) is 0 Å². The third-order valence-electron chi connectivity index (χ3n) is 7.95. The van der Waals surface area contributed by atoms with Crippen LogP contribution in [0.15, 0.2) is 35.0 Å². The molecule has 2 amide bonds. The van der Waals surface area contributed by atoms with Crippen molar-refractivity contribution in [2.75, 3.05) is 13.1 Å².